The maximum Gasteiger partial charge on any atom is 0.459 e. The van der Waals surface area contributed by atoms with E-state index in [2.05, 4.69) is 39.8 Å². The Kier molecular flexibility index (Phi) is 19.0. The van der Waals surface area contributed by atoms with Crippen molar-refractivity contribution in [3.8, 4) is 18.1 Å². The number of anilines is 1. The van der Waals surface area contributed by atoms with Gasteiger partial charge >= 0.3 is 19.8 Å². The molecular weight excluding hydrogens is 795 g/mol. The third kappa shape index (κ3) is 14.4. The van der Waals surface area contributed by atoms with E-state index in [0.29, 0.717) is 0 Å². The van der Waals surface area contributed by atoms with E-state index in [1.807, 2.05) is 30.3 Å². The highest BCUT2D eigenvalue weighted by Gasteiger charge is 2.49. The van der Waals surface area contributed by atoms with Gasteiger partial charge in [-0.2, -0.15) is 19.4 Å². The maximum absolute atomic E-state index is 15.1. The number of aliphatic hydroxyl groups is 1. The number of hydrogen-bond acceptors (Lipinski definition) is 10. The largest absolute Gasteiger partial charge is 0.461 e. The Balaban J connectivity index is 1.35. The Hall–Kier alpha value is -4.34. The van der Waals surface area contributed by atoms with Gasteiger partial charge < -0.3 is 24.7 Å². The molecule has 0 spiro atoms. The van der Waals surface area contributed by atoms with E-state index >= 15 is 4.57 Å². The number of fused-ring (bicyclic) bond motifs is 1. The molecular formula is C47H66FN6O6P. The summed E-state index contributed by atoms with van der Waals surface area (Å²) in [5, 5.41) is 14.5. The van der Waals surface area contributed by atoms with Crippen LogP contribution in [0, 0.1) is 23.8 Å². The fraction of sp³-hybridized carbons (Fsp3) is 0.574. The van der Waals surface area contributed by atoms with Crippen LogP contribution in [0.5, 0.6) is 5.75 Å². The maximum atomic E-state index is 15.1. The number of aromatic nitrogens is 4. The lowest BCUT2D eigenvalue weighted by molar-refractivity contribution is -0.152. The number of halogens is 1. The van der Waals surface area contributed by atoms with E-state index in [9.17, 15) is 14.3 Å². The van der Waals surface area contributed by atoms with E-state index in [0.717, 1.165) is 56.9 Å². The zero-order valence-corrected chi connectivity index (χ0v) is 37.0. The quantitative estimate of drug-likeness (QED) is 0.0164. The van der Waals surface area contributed by atoms with Gasteiger partial charge in [-0.15, -0.1) is 6.42 Å². The molecule has 332 valence electrons. The minimum absolute atomic E-state index is 0.109. The molecule has 5 rings (SSSR count). The average Bonchev–Trinajstić information content (AvgIpc) is 3.83. The van der Waals surface area contributed by atoms with Crippen LogP contribution in [0.15, 0.2) is 67.0 Å². The van der Waals surface area contributed by atoms with E-state index in [1.165, 1.54) is 57.7 Å². The van der Waals surface area contributed by atoms with Crippen LogP contribution in [0.25, 0.3) is 11.2 Å². The minimum atomic E-state index is -4.44. The van der Waals surface area contributed by atoms with Crippen LogP contribution < -0.4 is 15.3 Å². The fourth-order valence-electron chi connectivity index (χ4n) is 8.16. The van der Waals surface area contributed by atoms with Gasteiger partial charge in [0.2, 0.25) is 0 Å². The number of carbonyl (C=O) groups excluding carboxylic acids is 1. The van der Waals surface area contributed by atoms with Crippen molar-refractivity contribution in [3.05, 3.63) is 78.6 Å². The number of imidazole rings is 1. The number of nitrogens with one attached hydrogen (secondary N) is 1. The molecule has 1 aliphatic rings. The molecule has 12 nitrogen and oxygen atoms in total. The highest BCUT2D eigenvalue weighted by Crippen LogP contribution is 2.51. The lowest BCUT2D eigenvalue weighted by atomic mass is 9.86. The topological polar surface area (TPSA) is 164 Å². The standard InChI is InChI=1S/C47H66FN6O6P/c1-4-7-9-11-13-15-21-27-38(28-22-16-14-12-10-8-5-2)59-45(56)40(31-36-25-19-17-20-26-36)53-61(57,60-39-29-23-18-24-30-39)58-34-47(6-3)33-37(32-41(47)55)54-35-50-42-43(49)51-46(48)52-44(42)54/h3,17-20,23-26,29-30,35,37-38,40-41,55H,4-5,7-16,21-22,27-28,31-34H2,1-2H3,(H,53,57)(H2,49,51,52)/t37-,40-,41-,47+,61-/m0/s1. The van der Waals surface area contributed by atoms with Gasteiger partial charge in [-0.25, -0.2) is 9.55 Å². The number of carbonyl (C=O) groups is 1. The summed E-state index contributed by atoms with van der Waals surface area (Å²) in [6, 6.07) is 16.4. The van der Waals surface area contributed by atoms with Crippen LogP contribution in [0.2, 0.25) is 0 Å². The van der Waals surface area contributed by atoms with E-state index in [4.69, 9.17) is 25.9 Å². The molecule has 4 aromatic rings. The number of unbranched alkanes of at least 4 members (excludes halogenated alkanes) is 12. The molecule has 0 aliphatic heterocycles. The Morgan fingerprint density at radius 2 is 1.54 bits per heavy atom. The van der Waals surface area contributed by atoms with Gasteiger partial charge in [-0.3, -0.25) is 9.32 Å². The number of para-hydroxylation sites is 1. The molecule has 2 aromatic heterocycles. The summed E-state index contributed by atoms with van der Waals surface area (Å²) < 4.78 is 49.6. The van der Waals surface area contributed by atoms with Gasteiger partial charge in [0.1, 0.15) is 23.4 Å². The summed E-state index contributed by atoms with van der Waals surface area (Å²) >= 11 is 0. The molecule has 5 atom stereocenters. The number of esters is 1. The molecule has 0 bridgehead atoms. The molecule has 61 heavy (non-hydrogen) atoms. The first kappa shape index (κ1) is 47.7. The first-order valence-electron chi connectivity index (χ1n) is 22.4. The zero-order chi connectivity index (χ0) is 43.5. The van der Waals surface area contributed by atoms with Gasteiger partial charge in [0.05, 0.1) is 24.5 Å². The predicted molar refractivity (Wildman–Crippen MR) is 238 cm³/mol. The number of aliphatic hydroxyl groups excluding tert-OH is 1. The van der Waals surface area contributed by atoms with Crippen molar-refractivity contribution in [3.63, 3.8) is 0 Å². The number of nitrogens with two attached hydrogens (primary N) is 1. The van der Waals surface area contributed by atoms with Crippen molar-refractivity contribution in [2.24, 2.45) is 5.41 Å². The Bertz CT molecular complexity index is 2000. The number of benzene rings is 2. The molecule has 2 heterocycles. The van der Waals surface area contributed by atoms with Crippen molar-refractivity contribution >= 4 is 30.7 Å². The van der Waals surface area contributed by atoms with Gasteiger partial charge in [0, 0.05) is 6.04 Å². The Labute approximate surface area is 361 Å². The number of ether oxygens (including phenoxy) is 1. The number of hydrogen-bond donors (Lipinski definition) is 3. The van der Waals surface area contributed by atoms with E-state index in [1.54, 1.807) is 34.9 Å². The summed E-state index contributed by atoms with van der Waals surface area (Å²) in [6.45, 7) is 4.03. The molecule has 2 aromatic carbocycles. The van der Waals surface area contributed by atoms with Crippen LogP contribution in [-0.4, -0.2) is 55.5 Å². The van der Waals surface area contributed by atoms with Crippen LogP contribution in [-0.2, 0) is 25.0 Å². The molecule has 4 N–H and O–H groups in total. The second-order valence-corrected chi connectivity index (χ2v) is 18.2. The van der Waals surface area contributed by atoms with Crippen LogP contribution in [0.1, 0.15) is 141 Å². The number of nitrogen functional groups attached to an aromatic ring is 1. The van der Waals surface area contributed by atoms with Crippen molar-refractivity contribution in [1.82, 2.24) is 24.6 Å². The molecule has 0 amide bonds. The molecule has 0 radical (unpaired) electrons. The molecule has 14 heteroatoms. The molecule has 0 saturated heterocycles. The number of terminal acetylenes is 1. The van der Waals surface area contributed by atoms with Gasteiger partial charge in [-0.05, 0) is 62.6 Å². The van der Waals surface area contributed by atoms with Crippen molar-refractivity contribution in [2.75, 3.05) is 12.3 Å². The van der Waals surface area contributed by atoms with Crippen molar-refractivity contribution in [2.45, 2.75) is 160 Å². The third-order valence-electron chi connectivity index (χ3n) is 11.7. The highest BCUT2D eigenvalue weighted by molar-refractivity contribution is 7.52. The smallest absolute Gasteiger partial charge is 0.459 e. The summed E-state index contributed by atoms with van der Waals surface area (Å²) in [5.74, 6) is 2.29. The van der Waals surface area contributed by atoms with Crippen LogP contribution in [0.3, 0.4) is 0 Å². The molecule has 0 unspecified atom stereocenters. The summed E-state index contributed by atoms with van der Waals surface area (Å²) in [4.78, 5) is 26.2. The van der Waals surface area contributed by atoms with Gasteiger partial charge in [0.25, 0.3) is 0 Å². The van der Waals surface area contributed by atoms with E-state index in [-0.39, 0.29) is 48.1 Å². The number of rotatable bonds is 28. The second-order valence-electron chi connectivity index (χ2n) is 16.5. The van der Waals surface area contributed by atoms with Crippen LogP contribution >= 0.6 is 7.75 Å². The molecule has 1 saturated carbocycles. The van der Waals surface area contributed by atoms with E-state index < -0.39 is 50.0 Å². The SMILES string of the molecule is C#C[C@]1(CO[P@@](=O)(N[C@@H](Cc2ccccc2)C(=O)OC(CCCCCCCCC)CCCCCCCCC)Oc2ccccc2)C[C@@H](n2cnc3c(N)nc(F)nc32)C[C@@H]1O. The van der Waals surface area contributed by atoms with Crippen LogP contribution in [0.4, 0.5) is 10.2 Å². The first-order chi connectivity index (χ1) is 29.6. The zero-order valence-electron chi connectivity index (χ0n) is 36.1. The van der Waals surface area contributed by atoms with Gasteiger partial charge in [0.15, 0.2) is 11.5 Å². The first-order valence-corrected chi connectivity index (χ1v) is 24.0. The lowest BCUT2D eigenvalue weighted by Gasteiger charge is -2.31. The Morgan fingerprint density at radius 1 is 0.951 bits per heavy atom. The summed E-state index contributed by atoms with van der Waals surface area (Å²) in [5.41, 5.74) is 5.75. The average molecular weight is 861 g/mol. The van der Waals surface area contributed by atoms with Crippen molar-refractivity contribution < 1.29 is 32.6 Å². The summed E-state index contributed by atoms with van der Waals surface area (Å²) in [6.07, 6.45) is 23.3. The fourth-order valence-corrected chi connectivity index (χ4v) is 9.72. The third-order valence-corrected chi connectivity index (χ3v) is 13.3. The second kappa shape index (κ2) is 24.3. The predicted octanol–water partition coefficient (Wildman–Crippen LogP) is 10.5. The monoisotopic (exact) mass is 860 g/mol. The van der Waals surface area contributed by atoms with Crippen molar-refractivity contribution in [1.29, 1.82) is 0 Å². The normalized spacial score (nSPS) is 19.1. The molecule has 1 aliphatic carbocycles. The summed E-state index contributed by atoms with van der Waals surface area (Å²) in [7, 11) is -4.44. The highest BCUT2D eigenvalue weighted by atomic mass is 31.2. The Morgan fingerprint density at radius 3 is 2.15 bits per heavy atom. The molecule has 1 fully saturated rings. The number of nitrogens with zero attached hydrogens (tertiary/aromatic N) is 4. The lowest BCUT2D eigenvalue weighted by Crippen LogP contribution is -2.42. The minimum Gasteiger partial charge on any atom is -0.461 e. The van der Waals surface area contributed by atoms with Gasteiger partial charge in [-0.1, -0.05) is 145 Å².